The number of esters is 1. The minimum absolute atomic E-state index is 0.171. The zero-order chi connectivity index (χ0) is 21.3. The number of anilines is 1. The van der Waals surface area contributed by atoms with E-state index in [0.717, 1.165) is 5.39 Å². The van der Waals surface area contributed by atoms with Crippen LogP contribution in [0.1, 0.15) is 15.9 Å². The van der Waals surface area contributed by atoms with Crippen LogP contribution in [0.25, 0.3) is 16.5 Å². The van der Waals surface area contributed by atoms with Crippen LogP contribution in [0.4, 0.5) is 5.69 Å². The molecule has 0 aliphatic heterocycles. The highest BCUT2D eigenvalue weighted by molar-refractivity contribution is 6.11. The Bertz CT molecular complexity index is 1100. The number of nitrogens with one attached hydrogen (secondary N) is 1. The van der Waals surface area contributed by atoms with Crippen molar-refractivity contribution < 1.29 is 19.1 Å². The number of para-hydroxylation sites is 1. The average Bonchev–Trinajstić information content (AvgIpc) is 2.78. The van der Waals surface area contributed by atoms with Crippen molar-refractivity contribution in [2.75, 3.05) is 25.6 Å². The number of nitrogens with zero attached hydrogens (tertiary/aromatic N) is 1. The van der Waals surface area contributed by atoms with Crippen molar-refractivity contribution in [2.45, 2.75) is 0 Å². The van der Waals surface area contributed by atoms with Crippen molar-refractivity contribution in [2.24, 2.45) is 0 Å². The van der Waals surface area contributed by atoms with Crippen molar-refractivity contribution >= 4 is 34.0 Å². The van der Waals surface area contributed by atoms with Crippen LogP contribution in [-0.4, -0.2) is 37.2 Å². The van der Waals surface area contributed by atoms with Gasteiger partial charge in [-0.15, -0.1) is 0 Å². The van der Waals surface area contributed by atoms with Gasteiger partial charge in [-0.25, -0.2) is 4.79 Å². The molecule has 1 amide bonds. The lowest BCUT2D eigenvalue weighted by molar-refractivity contribution is -0.138. The van der Waals surface area contributed by atoms with E-state index in [1.54, 1.807) is 30.5 Å². The molecule has 0 spiro atoms. The third-order valence-corrected chi connectivity index (χ3v) is 4.35. The van der Waals surface area contributed by atoms with E-state index >= 15 is 0 Å². The van der Waals surface area contributed by atoms with Gasteiger partial charge < -0.3 is 14.8 Å². The number of methoxy groups -OCH3 is 1. The molecule has 3 aromatic rings. The summed E-state index contributed by atoms with van der Waals surface area (Å²) in [6.45, 7) is 4.48. The van der Waals surface area contributed by atoms with Crippen LogP contribution >= 0.6 is 0 Å². The number of hydrogen-bond donors (Lipinski definition) is 1. The zero-order valence-electron chi connectivity index (χ0n) is 16.6. The maximum Gasteiger partial charge on any atom is 0.330 e. The lowest BCUT2D eigenvalue weighted by Crippen LogP contribution is -2.14. The van der Waals surface area contributed by atoms with Gasteiger partial charge in [0.1, 0.15) is 6.61 Å². The number of pyridine rings is 1. The summed E-state index contributed by atoms with van der Waals surface area (Å²) in [6.07, 6.45) is 4.49. The van der Waals surface area contributed by atoms with E-state index in [2.05, 4.69) is 16.9 Å². The molecule has 0 radical (unpaired) electrons. The molecular weight excluding hydrogens is 380 g/mol. The first-order chi connectivity index (χ1) is 14.6. The third-order valence-electron chi connectivity index (χ3n) is 4.35. The first kappa shape index (κ1) is 21.0. The lowest BCUT2D eigenvalue weighted by Gasteiger charge is -2.11. The SMILES string of the molecule is C=C(/C=C/C(=O)OCCOC)c1ccccc1C(=O)Nc1cccc2cccnc12. The third kappa shape index (κ3) is 5.18. The van der Waals surface area contributed by atoms with Crippen molar-refractivity contribution in [1.29, 1.82) is 0 Å². The number of amides is 1. The summed E-state index contributed by atoms with van der Waals surface area (Å²) in [5.74, 6) is -0.794. The normalized spacial score (nSPS) is 10.8. The molecule has 0 bridgehead atoms. The maximum absolute atomic E-state index is 13.0. The second kappa shape index (κ2) is 10.1. The summed E-state index contributed by atoms with van der Waals surface area (Å²) < 4.78 is 9.83. The molecule has 0 saturated carbocycles. The molecule has 2 aromatic carbocycles. The highest BCUT2D eigenvalue weighted by Crippen LogP contribution is 2.24. The number of benzene rings is 2. The Labute approximate surface area is 174 Å². The molecule has 0 aliphatic rings. The van der Waals surface area contributed by atoms with E-state index in [-0.39, 0.29) is 12.5 Å². The molecule has 3 rings (SSSR count). The van der Waals surface area contributed by atoms with Crippen molar-refractivity contribution in [1.82, 2.24) is 4.98 Å². The van der Waals surface area contributed by atoms with Gasteiger partial charge in [0, 0.05) is 30.3 Å². The van der Waals surface area contributed by atoms with Crippen LogP contribution in [0, 0.1) is 0 Å². The van der Waals surface area contributed by atoms with Crippen LogP contribution in [0.2, 0.25) is 0 Å². The standard InChI is InChI=1S/C24H22N2O4/c1-17(12-13-22(27)30-16-15-29-2)19-9-3-4-10-20(19)24(28)26-21-11-5-7-18-8-6-14-25-23(18)21/h3-14H,1,15-16H2,2H3,(H,26,28)/b13-12+. The van der Waals surface area contributed by atoms with Crippen LogP contribution in [0.3, 0.4) is 0 Å². The highest BCUT2D eigenvalue weighted by Gasteiger charge is 2.14. The van der Waals surface area contributed by atoms with Crippen LogP contribution < -0.4 is 5.32 Å². The summed E-state index contributed by atoms with van der Waals surface area (Å²) in [5.41, 5.74) is 2.90. The summed E-state index contributed by atoms with van der Waals surface area (Å²) in [6, 6.07) is 16.5. The molecule has 0 aliphatic carbocycles. The number of carbonyl (C=O) groups excluding carboxylic acids is 2. The molecule has 1 N–H and O–H groups in total. The summed E-state index contributed by atoms with van der Waals surface area (Å²) >= 11 is 0. The first-order valence-electron chi connectivity index (χ1n) is 9.37. The van der Waals surface area contributed by atoms with Crippen molar-refractivity contribution in [3.8, 4) is 0 Å². The van der Waals surface area contributed by atoms with E-state index in [9.17, 15) is 9.59 Å². The van der Waals surface area contributed by atoms with Crippen LogP contribution in [-0.2, 0) is 14.3 Å². The number of allylic oxidation sites excluding steroid dienone is 2. The monoisotopic (exact) mass is 402 g/mol. The van der Waals surface area contributed by atoms with Gasteiger partial charge in [-0.2, -0.15) is 0 Å². The molecule has 30 heavy (non-hydrogen) atoms. The smallest absolute Gasteiger partial charge is 0.330 e. The Morgan fingerprint density at radius 2 is 1.77 bits per heavy atom. The van der Waals surface area contributed by atoms with Gasteiger partial charge >= 0.3 is 5.97 Å². The Hall–Kier alpha value is -3.77. The van der Waals surface area contributed by atoms with E-state index in [4.69, 9.17) is 9.47 Å². The molecule has 0 fully saturated rings. The number of rotatable bonds is 8. The second-order valence-electron chi connectivity index (χ2n) is 6.40. The minimum atomic E-state index is -0.503. The first-order valence-corrected chi connectivity index (χ1v) is 9.37. The molecule has 6 heteroatoms. The van der Waals surface area contributed by atoms with Crippen molar-refractivity contribution in [3.05, 3.63) is 90.7 Å². The maximum atomic E-state index is 13.0. The molecule has 0 atom stereocenters. The number of hydrogen-bond acceptors (Lipinski definition) is 5. The van der Waals surface area contributed by atoms with Gasteiger partial charge in [0.05, 0.1) is 17.8 Å². The quantitative estimate of drug-likeness (QED) is 0.264. The lowest BCUT2D eigenvalue weighted by atomic mass is 9.99. The predicted molar refractivity (Wildman–Crippen MR) is 117 cm³/mol. The van der Waals surface area contributed by atoms with Crippen LogP contribution in [0.15, 0.2) is 79.5 Å². The highest BCUT2D eigenvalue weighted by atomic mass is 16.6. The van der Waals surface area contributed by atoms with Crippen LogP contribution in [0.5, 0.6) is 0 Å². The van der Waals surface area contributed by atoms with Gasteiger partial charge in [-0.05, 0) is 35.4 Å². The molecule has 1 heterocycles. The molecular formula is C24H22N2O4. The summed E-state index contributed by atoms with van der Waals surface area (Å²) in [5, 5.41) is 3.86. The van der Waals surface area contributed by atoms with E-state index in [1.807, 2.05) is 30.3 Å². The van der Waals surface area contributed by atoms with Gasteiger partial charge in [-0.1, -0.05) is 43.0 Å². The number of ether oxygens (including phenoxy) is 2. The molecule has 1 aromatic heterocycles. The minimum Gasteiger partial charge on any atom is -0.460 e. The predicted octanol–water partition coefficient (Wildman–Crippen LogP) is 4.25. The average molecular weight is 402 g/mol. The Morgan fingerprint density at radius 3 is 2.57 bits per heavy atom. The molecule has 0 unspecified atom stereocenters. The summed E-state index contributed by atoms with van der Waals surface area (Å²) in [7, 11) is 1.53. The summed E-state index contributed by atoms with van der Waals surface area (Å²) in [4.78, 5) is 29.1. The fraction of sp³-hybridized carbons (Fsp3) is 0.125. The number of aromatic nitrogens is 1. The number of carbonyl (C=O) groups is 2. The number of fused-ring (bicyclic) bond motifs is 1. The van der Waals surface area contributed by atoms with E-state index in [0.29, 0.717) is 34.5 Å². The topological polar surface area (TPSA) is 77.5 Å². The van der Waals surface area contributed by atoms with Gasteiger partial charge in [-0.3, -0.25) is 9.78 Å². The van der Waals surface area contributed by atoms with E-state index < -0.39 is 5.97 Å². The second-order valence-corrected chi connectivity index (χ2v) is 6.40. The molecule has 0 saturated heterocycles. The largest absolute Gasteiger partial charge is 0.460 e. The van der Waals surface area contributed by atoms with Gasteiger partial charge in [0.2, 0.25) is 0 Å². The molecule has 152 valence electrons. The Kier molecular flexibility index (Phi) is 7.08. The fourth-order valence-electron chi connectivity index (χ4n) is 2.89. The fourth-order valence-corrected chi connectivity index (χ4v) is 2.89. The molecule has 6 nitrogen and oxygen atoms in total. The van der Waals surface area contributed by atoms with Crippen molar-refractivity contribution in [3.63, 3.8) is 0 Å². The van der Waals surface area contributed by atoms with E-state index in [1.165, 1.54) is 19.3 Å². The van der Waals surface area contributed by atoms with Gasteiger partial charge in [0.25, 0.3) is 5.91 Å². The Morgan fingerprint density at radius 1 is 1.00 bits per heavy atom. The Balaban J connectivity index is 1.78. The zero-order valence-corrected chi connectivity index (χ0v) is 16.6. The van der Waals surface area contributed by atoms with Gasteiger partial charge in [0.15, 0.2) is 0 Å².